The SMILES string of the molecule is COC(=O)c1n[nH]c2ccc(NC(=O)c3ccc(-c4nc(C)no4)cc3)cc12. The highest BCUT2D eigenvalue weighted by Gasteiger charge is 2.16. The smallest absolute Gasteiger partial charge is 0.359 e. The van der Waals surface area contributed by atoms with E-state index in [1.807, 2.05) is 0 Å². The number of nitrogens with one attached hydrogen (secondary N) is 2. The van der Waals surface area contributed by atoms with E-state index in [0.717, 1.165) is 5.56 Å². The van der Waals surface area contributed by atoms with Crippen molar-refractivity contribution in [2.75, 3.05) is 12.4 Å². The Morgan fingerprint density at radius 2 is 1.93 bits per heavy atom. The number of anilines is 1. The van der Waals surface area contributed by atoms with Gasteiger partial charge in [-0.15, -0.1) is 0 Å². The van der Waals surface area contributed by atoms with E-state index in [-0.39, 0.29) is 11.6 Å². The molecule has 0 aliphatic rings. The predicted octanol–water partition coefficient (Wildman–Crippen LogP) is 2.96. The molecule has 0 spiro atoms. The average molecular weight is 377 g/mol. The molecule has 0 aliphatic heterocycles. The second-order valence-corrected chi connectivity index (χ2v) is 6.00. The molecule has 4 rings (SSSR count). The number of esters is 1. The molecule has 28 heavy (non-hydrogen) atoms. The van der Waals surface area contributed by atoms with E-state index in [9.17, 15) is 9.59 Å². The maximum atomic E-state index is 12.5. The van der Waals surface area contributed by atoms with Crippen molar-refractivity contribution >= 4 is 28.5 Å². The van der Waals surface area contributed by atoms with Gasteiger partial charge in [-0.05, 0) is 49.4 Å². The van der Waals surface area contributed by atoms with Crippen LogP contribution in [-0.2, 0) is 4.74 Å². The molecule has 2 aromatic heterocycles. The Labute approximate surface area is 158 Å². The monoisotopic (exact) mass is 377 g/mol. The summed E-state index contributed by atoms with van der Waals surface area (Å²) in [6.07, 6.45) is 0. The summed E-state index contributed by atoms with van der Waals surface area (Å²) in [5, 5.41) is 13.8. The average Bonchev–Trinajstić information content (AvgIpc) is 3.33. The number of H-pyrrole nitrogens is 1. The minimum Gasteiger partial charge on any atom is -0.464 e. The number of methoxy groups -OCH3 is 1. The van der Waals surface area contributed by atoms with Crippen molar-refractivity contribution in [3.63, 3.8) is 0 Å². The van der Waals surface area contributed by atoms with Crippen LogP contribution in [-0.4, -0.2) is 39.3 Å². The maximum Gasteiger partial charge on any atom is 0.359 e. The molecule has 0 unspecified atom stereocenters. The summed E-state index contributed by atoms with van der Waals surface area (Å²) in [7, 11) is 1.29. The summed E-state index contributed by atoms with van der Waals surface area (Å²) in [6.45, 7) is 1.73. The number of fused-ring (bicyclic) bond motifs is 1. The molecule has 2 N–H and O–H groups in total. The predicted molar refractivity (Wildman–Crippen MR) is 99.9 cm³/mol. The molecule has 0 atom stereocenters. The Bertz CT molecular complexity index is 1180. The Kier molecular flexibility index (Phi) is 4.32. The number of aryl methyl sites for hydroxylation is 1. The molecule has 2 aromatic carbocycles. The van der Waals surface area contributed by atoms with Crippen molar-refractivity contribution in [3.05, 3.63) is 59.5 Å². The van der Waals surface area contributed by atoms with E-state index < -0.39 is 5.97 Å². The van der Waals surface area contributed by atoms with Crippen molar-refractivity contribution in [1.82, 2.24) is 20.3 Å². The number of carbonyl (C=O) groups is 2. The van der Waals surface area contributed by atoms with E-state index in [1.54, 1.807) is 49.4 Å². The Morgan fingerprint density at radius 3 is 2.61 bits per heavy atom. The number of benzene rings is 2. The number of ether oxygens (including phenoxy) is 1. The fraction of sp³-hybridized carbons (Fsp3) is 0.105. The highest BCUT2D eigenvalue weighted by Crippen LogP contribution is 2.22. The molecule has 0 aliphatic carbocycles. The third kappa shape index (κ3) is 3.20. The van der Waals surface area contributed by atoms with Gasteiger partial charge in [0.15, 0.2) is 11.5 Å². The van der Waals surface area contributed by atoms with Gasteiger partial charge in [0, 0.05) is 22.2 Å². The zero-order valence-electron chi connectivity index (χ0n) is 15.0. The molecule has 0 saturated heterocycles. The Hall–Kier alpha value is -4.01. The molecule has 140 valence electrons. The normalized spacial score (nSPS) is 10.8. The number of hydrogen-bond acceptors (Lipinski definition) is 7. The standard InChI is InChI=1S/C19H15N5O4/c1-10-20-18(28-24-10)12-5-3-11(4-6-12)17(25)21-13-7-8-15-14(9-13)16(23-22-15)19(26)27-2/h3-9H,1-2H3,(H,21,25)(H,22,23). The van der Waals surface area contributed by atoms with Crippen LogP contribution < -0.4 is 5.32 Å². The van der Waals surface area contributed by atoms with Crippen LogP contribution in [0.25, 0.3) is 22.4 Å². The highest BCUT2D eigenvalue weighted by atomic mass is 16.5. The van der Waals surface area contributed by atoms with Gasteiger partial charge in [-0.1, -0.05) is 5.16 Å². The number of aromatic amines is 1. The van der Waals surface area contributed by atoms with E-state index in [1.165, 1.54) is 7.11 Å². The topological polar surface area (TPSA) is 123 Å². The van der Waals surface area contributed by atoms with Gasteiger partial charge >= 0.3 is 5.97 Å². The van der Waals surface area contributed by atoms with Gasteiger partial charge < -0.3 is 14.6 Å². The first-order chi connectivity index (χ1) is 13.5. The molecule has 0 fully saturated rings. The quantitative estimate of drug-likeness (QED) is 0.524. The third-order valence-electron chi connectivity index (χ3n) is 4.12. The van der Waals surface area contributed by atoms with Crippen LogP contribution in [0.15, 0.2) is 47.0 Å². The third-order valence-corrected chi connectivity index (χ3v) is 4.12. The van der Waals surface area contributed by atoms with Crippen LogP contribution in [0.2, 0.25) is 0 Å². The lowest BCUT2D eigenvalue weighted by Crippen LogP contribution is -2.11. The summed E-state index contributed by atoms with van der Waals surface area (Å²) >= 11 is 0. The lowest BCUT2D eigenvalue weighted by atomic mass is 10.1. The van der Waals surface area contributed by atoms with Gasteiger partial charge in [0.2, 0.25) is 0 Å². The van der Waals surface area contributed by atoms with Crippen molar-refractivity contribution < 1.29 is 18.8 Å². The second kappa shape index (κ2) is 6.95. The molecule has 0 saturated carbocycles. The van der Waals surface area contributed by atoms with E-state index in [0.29, 0.717) is 33.9 Å². The van der Waals surface area contributed by atoms with Gasteiger partial charge in [0.25, 0.3) is 11.8 Å². The lowest BCUT2D eigenvalue weighted by molar-refractivity contribution is 0.0596. The fourth-order valence-electron chi connectivity index (χ4n) is 2.73. The molecule has 9 heteroatoms. The van der Waals surface area contributed by atoms with Crippen LogP contribution in [0.3, 0.4) is 0 Å². The molecule has 0 bridgehead atoms. The van der Waals surface area contributed by atoms with Gasteiger partial charge in [-0.2, -0.15) is 10.1 Å². The van der Waals surface area contributed by atoms with Gasteiger partial charge in [-0.3, -0.25) is 9.89 Å². The summed E-state index contributed by atoms with van der Waals surface area (Å²) < 4.78 is 9.83. The van der Waals surface area contributed by atoms with Crippen LogP contribution in [0.4, 0.5) is 5.69 Å². The molecular formula is C19H15N5O4. The lowest BCUT2D eigenvalue weighted by Gasteiger charge is -2.06. The van der Waals surface area contributed by atoms with Crippen LogP contribution >= 0.6 is 0 Å². The highest BCUT2D eigenvalue weighted by molar-refractivity contribution is 6.07. The number of nitrogens with zero attached hydrogens (tertiary/aromatic N) is 3. The van der Waals surface area contributed by atoms with Gasteiger partial charge in [-0.25, -0.2) is 4.79 Å². The first kappa shape index (κ1) is 17.4. The number of aromatic nitrogens is 4. The molecule has 0 radical (unpaired) electrons. The Morgan fingerprint density at radius 1 is 1.14 bits per heavy atom. The van der Waals surface area contributed by atoms with Crippen LogP contribution in [0.1, 0.15) is 26.7 Å². The van der Waals surface area contributed by atoms with E-state index >= 15 is 0 Å². The van der Waals surface area contributed by atoms with E-state index in [2.05, 4.69) is 25.7 Å². The molecular weight excluding hydrogens is 362 g/mol. The maximum absolute atomic E-state index is 12.5. The summed E-state index contributed by atoms with van der Waals surface area (Å²) in [5.41, 5.74) is 2.53. The zero-order chi connectivity index (χ0) is 19.7. The van der Waals surface area contributed by atoms with Crippen molar-refractivity contribution in [2.45, 2.75) is 6.92 Å². The summed E-state index contributed by atoms with van der Waals surface area (Å²) in [5.74, 6) is 0.0836. The van der Waals surface area contributed by atoms with Gasteiger partial charge in [0.05, 0.1) is 12.6 Å². The number of hydrogen-bond donors (Lipinski definition) is 2. The summed E-state index contributed by atoms with van der Waals surface area (Å²) in [4.78, 5) is 28.5. The Balaban J connectivity index is 1.55. The van der Waals surface area contributed by atoms with Crippen molar-refractivity contribution in [3.8, 4) is 11.5 Å². The van der Waals surface area contributed by atoms with Crippen molar-refractivity contribution in [1.29, 1.82) is 0 Å². The number of rotatable bonds is 4. The zero-order valence-corrected chi connectivity index (χ0v) is 15.0. The number of carbonyl (C=O) groups excluding carboxylic acids is 2. The largest absolute Gasteiger partial charge is 0.464 e. The molecule has 4 aromatic rings. The minimum atomic E-state index is -0.554. The fourth-order valence-corrected chi connectivity index (χ4v) is 2.73. The summed E-state index contributed by atoms with van der Waals surface area (Å²) in [6, 6.07) is 11.9. The molecule has 1 amide bonds. The minimum absolute atomic E-state index is 0.160. The first-order valence-corrected chi connectivity index (χ1v) is 8.33. The van der Waals surface area contributed by atoms with Crippen LogP contribution in [0, 0.1) is 6.92 Å². The van der Waals surface area contributed by atoms with Crippen LogP contribution in [0.5, 0.6) is 0 Å². The van der Waals surface area contributed by atoms with Crippen molar-refractivity contribution in [2.24, 2.45) is 0 Å². The second-order valence-electron chi connectivity index (χ2n) is 6.00. The molecule has 2 heterocycles. The first-order valence-electron chi connectivity index (χ1n) is 8.33. The molecule has 9 nitrogen and oxygen atoms in total. The van der Waals surface area contributed by atoms with E-state index in [4.69, 9.17) is 9.26 Å². The van der Waals surface area contributed by atoms with Gasteiger partial charge in [0.1, 0.15) is 0 Å². The number of amides is 1.